The summed E-state index contributed by atoms with van der Waals surface area (Å²) in [5, 5.41) is 16.0. The van der Waals surface area contributed by atoms with E-state index in [1.807, 2.05) is 31.2 Å². The van der Waals surface area contributed by atoms with Gasteiger partial charge >= 0.3 is 0 Å². The molecule has 3 rings (SSSR count). The number of carbonyl (C=O) groups excluding carboxylic acids is 1. The van der Waals surface area contributed by atoms with Gasteiger partial charge in [-0.1, -0.05) is 25.1 Å². The number of para-hydroxylation sites is 1. The number of ether oxygens (including phenoxy) is 1. The summed E-state index contributed by atoms with van der Waals surface area (Å²) in [7, 11) is 0. The quantitative estimate of drug-likeness (QED) is 0.762. The zero-order valence-corrected chi connectivity index (χ0v) is 16.9. The number of amides is 1. The van der Waals surface area contributed by atoms with Crippen molar-refractivity contribution in [3.8, 4) is 11.8 Å². The Balaban J connectivity index is 1.59. The Morgan fingerprint density at radius 1 is 1.44 bits per heavy atom. The fourth-order valence-corrected chi connectivity index (χ4v) is 4.76. The number of nitriles is 1. The fraction of sp³-hybridized carbons (Fsp3) is 0.350. The van der Waals surface area contributed by atoms with Gasteiger partial charge < -0.3 is 10.1 Å². The molecule has 1 heterocycles. The minimum atomic E-state index is -0.343. The first-order valence-corrected chi connectivity index (χ1v) is 10.0. The molecule has 1 amide bonds. The number of hydrogen-bond donors (Lipinski definition) is 2. The van der Waals surface area contributed by atoms with E-state index in [-0.39, 0.29) is 17.6 Å². The molecule has 0 fully saturated rings. The maximum atomic E-state index is 12.1. The third kappa shape index (κ3) is 4.65. The molecule has 0 unspecified atom stereocenters. The molecule has 27 heavy (non-hydrogen) atoms. The zero-order valence-electron chi connectivity index (χ0n) is 15.3. The number of fused-ring (bicyclic) bond motifs is 1. The van der Waals surface area contributed by atoms with E-state index in [9.17, 15) is 10.1 Å². The lowest BCUT2D eigenvalue weighted by Crippen LogP contribution is -2.37. The van der Waals surface area contributed by atoms with Crippen molar-refractivity contribution >= 4 is 39.6 Å². The van der Waals surface area contributed by atoms with Gasteiger partial charge in [-0.2, -0.15) is 5.26 Å². The fourth-order valence-electron chi connectivity index (χ4n) is 3.12. The molecule has 0 saturated heterocycles. The molecule has 140 valence electrons. The van der Waals surface area contributed by atoms with Crippen molar-refractivity contribution in [2.45, 2.75) is 33.1 Å². The number of aryl methyl sites for hydroxylation is 1. The van der Waals surface area contributed by atoms with Crippen molar-refractivity contribution in [1.29, 1.82) is 5.26 Å². The van der Waals surface area contributed by atoms with E-state index in [1.54, 1.807) is 11.3 Å². The summed E-state index contributed by atoms with van der Waals surface area (Å²) in [6.07, 6.45) is 3.00. The van der Waals surface area contributed by atoms with Gasteiger partial charge in [-0.05, 0) is 61.5 Å². The molecule has 5 nitrogen and oxygen atoms in total. The number of thiocarbonyl (C=S) groups is 1. The number of anilines is 1. The highest BCUT2D eigenvalue weighted by Crippen LogP contribution is 2.39. The number of hydrogen-bond acceptors (Lipinski definition) is 5. The molecule has 2 N–H and O–H groups in total. The van der Waals surface area contributed by atoms with Crippen LogP contribution in [-0.4, -0.2) is 17.6 Å². The lowest BCUT2D eigenvalue weighted by atomic mass is 9.89. The van der Waals surface area contributed by atoms with Crippen molar-refractivity contribution < 1.29 is 9.53 Å². The second kappa shape index (κ2) is 8.51. The molecule has 0 aliphatic heterocycles. The Morgan fingerprint density at radius 3 is 2.96 bits per heavy atom. The van der Waals surface area contributed by atoms with Crippen LogP contribution < -0.4 is 15.4 Å². The average Bonchev–Trinajstić information content (AvgIpc) is 2.96. The van der Waals surface area contributed by atoms with Gasteiger partial charge in [-0.3, -0.25) is 10.1 Å². The van der Waals surface area contributed by atoms with Gasteiger partial charge in [-0.15, -0.1) is 11.3 Å². The van der Waals surface area contributed by atoms with E-state index in [0.717, 1.165) is 30.4 Å². The van der Waals surface area contributed by atoms with E-state index in [2.05, 4.69) is 23.6 Å². The zero-order chi connectivity index (χ0) is 19.4. The van der Waals surface area contributed by atoms with E-state index in [1.165, 1.54) is 4.88 Å². The van der Waals surface area contributed by atoms with Gasteiger partial charge in [0.05, 0.1) is 5.56 Å². The van der Waals surface area contributed by atoms with Crippen LogP contribution >= 0.6 is 23.6 Å². The molecule has 1 aliphatic rings. The minimum Gasteiger partial charge on any atom is -0.483 e. The van der Waals surface area contributed by atoms with Crippen LogP contribution in [0.15, 0.2) is 24.3 Å². The van der Waals surface area contributed by atoms with Gasteiger partial charge in [0.15, 0.2) is 11.7 Å². The first-order chi connectivity index (χ1) is 13.0. The highest BCUT2D eigenvalue weighted by Gasteiger charge is 2.24. The summed E-state index contributed by atoms with van der Waals surface area (Å²) >= 11 is 6.79. The summed E-state index contributed by atoms with van der Waals surface area (Å²) in [5.41, 5.74) is 2.73. The summed E-state index contributed by atoms with van der Waals surface area (Å²) in [5.74, 6) is 0.948. The molecule has 2 aromatic rings. The van der Waals surface area contributed by atoms with Crippen LogP contribution in [0.3, 0.4) is 0 Å². The first kappa shape index (κ1) is 19.3. The Hall–Kier alpha value is -2.43. The summed E-state index contributed by atoms with van der Waals surface area (Å²) in [4.78, 5) is 13.3. The molecule has 0 saturated carbocycles. The molecule has 0 radical (unpaired) electrons. The number of nitrogens with zero attached hydrogens (tertiary/aromatic N) is 1. The van der Waals surface area contributed by atoms with Crippen molar-refractivity contribution in [3.63, 3.8) is 0 Å². The minimum absolute atomic E-state index is 0.129. The van der Waals surface area contributed by atoms with Crippen LogP contribution in [-0.2, 0) is 17.6 Å². The summed E-state index contributed by atoms with van der Waals surface area (Å²) < 4.78 is 5.52. The molecule has 1 aliphatic carbocycles. The van der Waals surface area contributed by atoms with Gasteiger partial charge in [0.25, 0.3) is 5.91 Å². The van der Waals surface area contributed by atoms with Crippen LogP contribution in [0.1, 0.15) is 34.9 Å². The molecule has 0 bridgehead atoms. The second-order valence-electron chi connectivity index (χ2n) is 6.72. The van der Waals surface area contributed by atoms with Gasteiger partial charge in [0, 0.05) is 4.88 Å². The lowest BCUT2D eigenvalue weighted by Gasteiger charge is -2.17. The summed E-state index contributed by atoms with van der Waals surface area (Å²) in [6.45, 7) is 4.01. The predicted molar refractivity (Wildman–Crippen MR) is 111 cm³/mol. The SMILES string of the molecule is Cc1ccccc1OCC(=O)NC(=S)Nc1sc2c(c1C#N)CC[C@@H](C)C2. The maximum absolute atomic E-state index is 12.1. The Kier molecular flexibility index (Phi) is 6.09. The number of nitrogens with one attached hydrogen (secondary N) is 2. The van der Waals surface area contributed by atoms with E-state index in [0.29, 0.717) is 22.2 Å². The smallest absolute Gasteiger partial charge is 0.264 e. The largest absolute Gasteiger partial charge is 0.483 e. The molecule has 1 aromatic heterocycles. The van der Waals surface area contributed by atoms with Gasteiger partial charge in [0.2, 0.25) is 0 Å². The standard InChI is InChI=1S/C20H21N3O2S2/c1-12-7-8-14-15(10-21)19(27-17(14)9-12)23-20(26)22-18(24)11-25-16-6-4-3-5-13(16)2/h3-6,12H,7-9,11H2,1-2H3,(H2,22,23,24,26)/t12-/m1/s1. The van der Waals surface area contributed by atoms with Gasteiger partial charge in [-0.25, -0.2) is 0 Å². The third-order valence-electron chi connectivity index (χ3n) is 4.56. The van der Waals surface area contributed by atoms with E-state index in [4.69, 9.17) is 17.0 Å². The van der Waals surface area contributed by atoms with Crippen LogP contribution in [0.25, 0.3) is 0 Å². The molecule has 1 atom stereocenters. The van der Waals surface area contributed by atoms with Crippen LogP contribution in [0.4, 0.5) is 5.00 Å². The van der Waals surface area contributed by atoms with Gasteiger partial charge in [0.1, 0.15) is 16.8 Å². The molecule has 0 spiro atoms. The number of benzene rings is 1. The highest BCUT2D eigenvalue weighted by atomic mass is 32.1. The molecular formula is C20H21N3O2S2. The Labute approximate surface area is 168 Å². The van der Waals surface area contributed by atoms with E-state index >= 15 is 0 Å². The topological polar surface area (TPSA) is 74.2 Å². The molecule has 7 heteroatoms. The number of carbonyl (C=O) groups is 1. The second-order valence-corrected chi connectivity index (χ2v) is 8.24. The lowest BCUT2D eigenvalue weighted by molar-refractivity contribution is -0.121. The monoisotopic (exact) mass is 399 g/mol. The van der Waals surface area contributed by atoms with Crippen LogP contribution in [0, 0.1) is 24.2 Å². The van der Waals surface area contributed by atoms with Crippen molar-refractivity contribution in [2.24, 2.45) is 5.92 Å². The molecule has 1 aromatic carbocycles. The normalized spacial score (nSPS) is 15.4. The first-order valence-electron chi connectivity index (χ1n) is 8.81. The Bertz CT molecular complexity index is 914. The highest BCUT2D eigenvalue weighted by molar-refractivity contribution is 7.80. The van der Waals surface area contributed by atoms with Crippen molar-refractivity contribution in [2.75, 3.05) is 11.9 Å². The predicted octanol–water partition coefficient (Wildman–Crippen LogP) is 3.95. The average molecular weight is 400 g/mol. The Morgan fingerprint density at radius 2 is 2.22 bits per heavy atom. The number of rotatable bonds is 4. The van der Waals surface area contributed by atoms with Crippen LogP contribution in [0.5, 0.6) is 5.75 Å². The third-order valence-corrected chi connectivity index (χ3v) is 5.93. The van der Waals surface area contributed by atoms with Crippen LogP contribution in [0.2, 0.25) is 0 Å². The number of thiophene rings is 1. The summed E-state index contributed by atoms with van der Waals surface area (Å²) in [6, 6.07) is 9.78. The van der Waals surface area contributed by atoms with Crippen molar-refractivity contribution in [3.05, 3.63) is 45.8 Å². The van der Waals surface area contributed by atoms with Crippen molar-refractivity contribution in [1.82, 2.24) is 5.32 Å². The molecular weight excluding hydrogens is 378 g/mol. The van der Waals surface area contributed by atoms with E-state index < -0.39 is 0 Å². The maximum Gasteiger partial charge on any atom is 0.264 e.